The van der Waals surface area contributed by atoms with Crippen LogP contribution in [0.3, 0.4) is 0 Å². The fraction of sp³-hybridized carbons (Fsp3) is 0.231. The third-order valence-corrected chi connectivity index (χ3v) is 6.69. The van der Waals surface area contributed by atoms with Crippen molar-refractivity contribution in [2.24, 2.45) is 0 Å². The predicted octanol–water partition coefficient (Wildman–Crippen LogP) is 5.23. The molecule has 6 heteroatoms. The number of rotatable bonds is 7. The molecule has 5 nitrogen and oxygen atoms in total. The maximum atomic E-state index is 13.1. The molecule has 0 saturated heterocycles. The van der Waals surface area contributed by atoms with Crippen molar-refractivity contribution in [2.75, 3.05) is 0 Å². The number of aliphatic carboxylic acids is 1. The van der Waals surface area contributed by atoms with Gasteiger partial charge in [-0.25, -0.2) is 0 Å². The van der Waals surface area contributed by atoms with Crippen LogP contribution in [0, 0.1) is 20.8 Å². The van der Waals surface area contributed by atoms with Gasteiger partial charge >= 0.3 is 5.97 Å². The molecule has 4 rings (SSSR count). The van der Waals surface area contributed by atoms with Crippen LogP contribution in [0.4, 0.5) is 0 Å². The van der Waals surface area contributed by atoms with Crippen LogP contribution in [-0.4, -0.2) is 22.0 Å². The van der Waals surface area contributed by atoms with Gasteiger partial charge in [-0.3, -0.25) is 9.59 Å². The number of H-pyrrole nitrogens is 1. The van der Waals surface area contributed by atoms with E-state index in [1.54, 1.807) is 17.5 Å². The standard InChI is InChI=1S/C26H26N2O3S/c1-15-4-7-20(16(2)10-15)26(23-9-5-17(3)32-23)28-24(29)12-18-6-8-22-21(11-18)19(14-27-22)13-25(30)31/h4-11,14,26-27H,12-13H2,1-3H3,(H,28,29)(H,30,31). The molecule has 2 aromatic carbocycles. The first-order chi connectivity index (χ1) is 15.3. The normalized spacial score (nSPS) is 12.1. The number of aryl methyl sites for hydroxylation is 3. The number of benzene rings is 2. The molecule has 0 fully saturated rings. The summed E-state index contributed by atoms with van der Waals surface area (Å²) in [6, 6.07) is 16.0. The zero-order valence-electron chi connectivity index (χ0n) is 18.4. The summed E-state index contributed by atoms with van der Waals surface area (Å²) < 4.78 is 0. The van der Waals surface area contributed by atoms with Gasteiger partial charge in [0.05, 0.1) is 18.9 Å². The first-order valence-electron chi connectivity index (χ1n) is 10.5. The highest BCUT2D eigenvalue weighted by molar-refractivity contribution is 7.12. The molecule has 0 aliphatic heterocycles. The zero-order valence-corrected chi connectivity index (χ0v) is 19.2. The summed E-state index contributed by atoms with van der Waals surface area (Å²) in [7, 11) is 0. The highest BCUT2D eigenvalue weighted by Crippen LogP contribution is 2.31. The van der Waals surface area contributed by atoms with Gasteiger partial charge in [0.25, 0.3) is 0 Å². The summed E-state index contributed by atoms with van der Waals surface area (Å²) in [4.78, 5) is 29.6. The summed E-state index contributed by atoms with van der Waals surface area (Å²) in [6.07, 6.45) is 1.89. The van der Waals surface area contributed by atoms with Gasteiger partial charge in [0.1, 0.15) is 0 Å². The predicted molar refractivity (Wildman–Crippen MR) is 128 cm³/mol. The number of carbonyl (C=O) groups is 2. The summed E-state index contributed by atoms with van der Waals surface area (Å²) in [5, 5.41) is 13.2. The Labute approximate surface area is 191 Å². The van der Waals surface area contributed by atoms with Crippen LogP contribution in [0.2, 0.25) is 0 Å². The van der Waals surface area contributed by atoms with E-state index in [-0.39, 0.29) is 24.8 Å². The number of hydrogen-bond donors (Lipinski definition) is 3. The van der Waals surface area contributed by atoms with Gasteiger partial charge in [0, 0.05) is 26.9 Å². The van der Waals surface area contributed by atoms with E-state index in [4.69, 9.17) is 5.11 Å². The Kier molecular flexibility index (Phi) is 6.15. The topological polar surface area (TPSA) is 82.2 Å². The lowest BCUT2D eigenvalue weighted by molar-refractivity contribution is -0.136. The Morgan fingerprint density at radius 1 is 1.03 bits per heavy atom. The molecule has 0 spiro atoms. The number of hydrogen-bond acceptors (Lipinski definition) is 3. The molecule has 32 heavy (non-hydrogen) atoms. The monoisotopic (exact) mass is 446 g/mol. The molecule has 3 N–H and O–H groups in total. The van der Waals surface area contributed by atoms with E-state index >= 15 is 0 Å². The first kappa shape index (κ1) is 21.8. The number of aromatic amines is 1. The molecule has 0 radical (unpaired) electrons. The van der Waals surface area contributed by atoms with Gasteiger partial charge in [-0.05, 0) is 67.3 Å². The van der Waals surface area contributed by atoms with E-state index in [9.17, 15) is 9.59 Å². The summed E-state index contributed by atoms with van der Waals surface area (Å²) in [6.45, 7) is 6.21. The summed E-state index contributed by atoms with van der Waals surface area (Å²) >= 11 is 1.69. The van der Waals surface area contributed by atoms with Gasteiger partial charge in [0.2, 0.25) is 5.91 Å². The molecule has 2 aromatic heterocycles. The Hall–Kier alpha value is -3.38. The van der Waals surface area contributed by atoms with Gasteiger partial charge < -0.3 is 15.4 Å². The summed E-state index contributed by atoms with van der Waals surface area (Å²) in [5.41, 5.74) is 5.87. The molecular weight excluding hydrogens is 420 g/mol. The van der Waals surface area contributed by atoms with Gasteiger partial charge in [0.15, 0.2) is 0 Å². The molecule has 1 unspecified atom stereocenters. The molecule has 0 saturated carbocycles. The molecule has 2 heterocycles. The number of thiophene rings is 1. The second-order valence-electron chi connectivity index (χ2n) is 8.25. The van der Waals surface area contributed by atoms with E-state index in [2.05, 4.69) is 61.4 Å². The van der Waals surface area contributed by atoms with Crippen molar-refractivity contribution < 1.29 is 14.7 Å². The highest BCUT2D eigenvalue weighted by Gasteiger charge is 2.21. The maximum Gasteiger partial charge on any atom is 0.307 e. The van der Waals surface area contributed by atoms with E-state index in [1.165, 1.54) is 10.4 Å². The Bertz CT molecular complexity index is 1300. The third kappa shape index (κ3) is 4.75. The molecule has 0 bridgehead atoms. The second kappa shape index (κ2) is 9.01. The maximum absolute atomic E-state index is 13.1. The van der Waals surface area contributed by atoms with Crippen LogP contribution in [0.25, 0.3) is 10.9 Å². The SMILES string of the molecule is Cc1ccc(C(NC(=O)Cc2ccc3[nH]cc(CC(=O)O)c3c2)c2ccc(C)s2)c(C)c1. The fourth-order valence-corrected chi connectivity index (χ4v) is 5.05. The molecular formula is C26H26N2O3S. The largest absolute Gasteiger partial charge is 0.481 e. The highest BCUT2D eigenvalue weighted by atomic mass is 32.1. The lowest BCUT2D eigenvalue weighted by Crippen LogP contribution is -2.30. The number of aromatic nitrogens is 1. The first-order valence-corrected chi connectivity index (χ1v) is 11.4. The van der Waals surface area contributed by atoms with E-state index < -0.39 is 5.97 Å². The Morgan fingerprint density at radius 3 is 2.53 bits per heavy atom. The van der Waals surface area contributed by atoms with Crippen LogP contribution >= 0.6 is 11.3 Å². The molecule has 1 amide bonds. The van der Waals surface area contributed by atoms with Gasteiger partial charge in [-0.15, -0.1) is 11.3 Å². The third-order valence-electron chi connectivity index (χ3n) is 5.63. The van der Waals surface area contributed by atoms with Crippen molar-refractivity contribution in [1.82, 2.24) is 10.3 Å². The second-order valence-corrected chi connectivity index (χ2v) is 9.57. The minimum absolute atomic E-state index is 0.0534. The Morgan fingerprint density at radius 2 is 1.84 bits per heavy atom. The molecule has 0 aliphatic carbocycles. The van der Waals surface area contributed by atoms with Gasteiger partial charge in [-0.2, -0.15) is 0 Å². The number of nitrogens with one attached hydrogen (secondary N) is 2. The van der Waals surface area contributed by atoms with Crippen molar-refractivity contribution in [3.05, 3.63) is 92.3 Å². The van der Waals surface area contributed by atoms with E-state index in [1.807, 2.05) is 18.2 Å². The molecule has 164 valence electrons. The molecule has 0 aliphatic rings. The Balaban J connectivity index is 1.59. The quantitative estimate of drug-likeness (QED) is 0.364. The molecule has 1 atom stereocenters. The van der Waals surface area contributed by atoms with Crippen molar-refractivity contribution in [2.45, 2.75) is 39.7 Å². The summed E-state index contributed by atoms with van der Waals surface area (Å²) in [5.74, 6) is -0.952. The number of carboxylic acid groups (broad SMARTS) is 1. The number of carbonyl (C=O) groups excluding carboxylic acids is 1. The smallest absolute Gasteiger partial charge is 0.307 e. The van der Waals surface area contributed by atoms with Crippen LogP contribution in [0.5, 0.6) is 0 Å². The van der Waals surface area contributed by atoms with Crippen molar-refractivity contribution in [3.63, 3.8) is 0 Å². The van der Waals surface area contributed by atoms with Crippen molar-refractivity contribution >= 4 is 34.1 Å². The fourth-order valence-electron chi connectivity index (χ4n) is 4.10. The van der Waals surface area contributed by atoms with Crippen LogP contribution < -0.4 is 5.32 Å². The lowest BCUT2D eigenvalue weighted by Gasteiger charge is -2.21. The van der Waals surface area contributed by atoms with Crippen LogP contribution in [-0.2, 0) is 22.4 Å². The number of amides is 1. The zero-order chi connectivity index (χ0) is 22.8. The number of carboxylic acids is 1. The van der Waals surface area contributed by atoms with Crippen molar-refractivity contribution in [1.29, 1.82) is 0 Å². The van der Waals surface area contributed by atoms with Crippen LogP contribution in [0.1, 0.15) is 43.6 Å². The van der Waals surface area contributed by atoms with E-state index in [0.717, 1.165) is 38.0 Å². The minimum Gasteiger partial charge on any atom is -0.481 e. The lowest BCUT2D eigenvalue weighted by atomic mass is 9.97. The average Bonchev–Trinajstić information content (AvgIpc) is 3.32. The number of fused-ring (bicyclic) bond motifs is 1. The van der Waals surface area contributed by atoms with E-state index in [0.29, 0.717) is 0 Å². The minimum atomic E-state index is -0.878. The molecule has 4 aromatic rings. The van der Waals surface area contributed by atoms with Crippen LogP contribution in [0.15, 0.2) is 54.7 Å². The van der Waals surface area contributed by atoms with Crippen molar-refractivity contribution in [3.8, 4) is 0 Å². The van der Waals surface area contributed by atoms with Gasteiger partial charge in [-0.1, -0.05) is 29.8 Å². The average molecular weight is 447 g/mol.